The zero-order valence-electron chi connectivity index (χ0n) is 12.1. The van der Waals surface area contributed by atoms with Crippen LogP contribution in [0.4, 0.5) is 0 Å². The first-order valence-electron chi connectivity index (χ1n) is 8.53. The third-order valence-electron chi connectivity index (χ3n) is 5.94. The SMILES string of the molecule is C1CCC2(CC1)C1=C(CCCC1)OC1=C2CCCC1. The molecule has 104 valence electrons. The summed E-state index contributed by atoms with van der Waals surface area (Å²) in [6.45, 7) is 0. The topological polar surface area (TPSA) is 9.23 Å². The van der Waals surface area contributed by atoms with Gasteiger partial charge < -0.3 is 4.74 Å². The molecule has 0 saturated heterocycles. The van der Waals surface area contributed by atoms with Gasteiger partial charge in [-0.25, -0.2) is 0 Å². The number of hydrogen-bond donors (Lipinski definition) is 0. The van der Waals surface area contributed by atoms with E-state index in [1.165, 1.54) is 95.0 Å². The first-order valence-corrected chi connectivity index (χ1v) is 8.53. The summed E-state index contributed by atoms with van der Waals surface area (Å²) in [5, 5.41) is 0. The monoisotopic (exact) mass is 258 g/mol. The van der Waals surface area contributed by atoms with Crippen molar-refractivity contribution in [3.8, 4) is 0 Å². The van der Waals surface area contributed by atoms with Crippen LogP contribution in [0, 0.1) is 5.41 Å². The molecule has 19 heavy (non-hydrogen) atoms. The molecule has 0 aromatic heterocycles. The van der Waals surface area contributed by atoms with Gasteiger partial charge in [-0.1, -0.05) is 19.3 Å². The molecule has 1 saturated carbocycles. The molecule has 3 aliphatic carbocycles. The van der Waals surface area contributed by atoms with Crippen LogP contribution in [0.3, 0.4) is 0 Å². The van der Waals surface area contributed by atoms with Gasteiger partial charge in [0.25, 0.3) is 0 Å². The highest BCUT2D eigenvalue weighted by molar-refractivity contribution is 5.40. The van der Waals surface area contributed by atoms with Crippen LogP contribution in [0.25, 0.3) is 0 Å². The van der Waals surface area contributed by atoms with Crippen molar-refractivity contribution < 1.29 is 4.74 Å². The molecule has 1 heteroatoms. The van der Waals surface area contributed by atoms with E-state index in [2.05, 4.69) is 0 Å². The van der Waals surface area contributed by atoms with Crippen molar-refractivity contribution in [1.29, 1.82) is 0 Å². The Morgan fingerprint density at radius 2 is 1.11 bits per heavy atom. The molecule has 0 bridgehead atoms. The summed E-state index contributed by atoms with van der Waals surface area (Å²) >= 11 is 0. The quantitative estimate of drug-likeness (QED) is 0.547. The lowest BCUT2D eigenvalue weighted by atomic mass is 9.59. The van der Waals surface area contributed by atoms with E-state index in [4.69, 9.17) is 4.74 Å². The molecule has 1 heterocycles. The molecule has 0 atom stereocenters. The normalized spacial score (nSPS) is 29.9. The van der Waals surface area contributed by atoms with Crippen LogP contribution in [-0.4, -0.2) is 0 Å². The van der Waals surface area contributed by atoms with Crippen LogP contribution in [0.2, 0.25) is 0 Å². The number of rotatable bonds is 0. The predicted molar refractivity (Wildman–Crippen MR) is 77.6 cm³/mol. The van der Waals surface area contributed by atoms with Gasteiger partial charge in [0.1, 0.15) is 11.5 Å². The maximum absolute atomic E-state index is 6.38. The Morgan fingerprint density at radius 1 is 0.579 bits per heavy atom. The van der Waals surface area contributed by atoms with E-state index < -0.39 is 0 Å². The Hall–Kier alpha value is -0.720. The number of fused-ring (bicyclic) bond motifs is 2. The maximum Gasteiger partial charge on any atom is 0.104 e. The molecule has 0 unspecified atom stereocenters. The molecular formula is C18H26O. The van der Waals surface area contributed by atoms with Crippen LogP contribution >= 0.6 is 0 Å². The van der Waals surface area contributed by atoms with E-state index >= 15 is 0 Å². The van der Waals surface area contributed by atoms with Gasteiger partial charge >= 0.3 is 0 Å². The number of allylic oxidation sites excluding steroid dienone is 4. The molecule has 1 spiro atoms. The molecule has 0 aromatic carbocycles. The first-order chi connectivity index (χ1) is 9.40. The highest BCUT2D eigenvalue weighted by Gasteiger charge is 2.46. The van der Waals surface area contributed by atoms with Gasteiger partial charge in [0, 0.05) is 18.3 Å². The van der Waals surface area contributed by atoms with E-state index in [0.29, 0.717) is 5.41 Å². The minimum Gasteiger partial charge on any atom is -0.466 e. The van der Waals surface area contributed by atoms with Crippen LogP contribution in [0.5, 0.6) is 0 Å². The third kappa shape index (κ3) is 1.80. The Labute approximate surface area is 117 Å². The maximum atomic E-state index is 6.38. The molecule has 0 N–H and O–H groups in total. The summed E-state index contributed by atoms with van der Waals surface area (Å²) in [6, 6.07) is 0. The van der Waals surface area contributed by atoms with Crippen molar-refractivity contribution >= 4 is 0 Å². The highest BCUT2D eigenvalue weighted by Crippen LogP contribution is 2.58. The molecule has 0 amide bonds. The summed E-state index contributed by atoms with van der Waals surface area (Å²) in [7, 11) is 0. The van der Waals surface area contributed by atoms with Gasteiger partial charge in [0.2, 0.25) is 0 Å². The van der Waals surface area contributed by atoms with Crippen LogP contribution in [0.1, 0.15) is 83.5 Å². The highest BCUT2D eigenvalue weighted by atomic mass is 16.5. The third-order valence-corrected chi connectivity index (χ3v) is 5.94. The Kier molecular flexibility index (Phi) is 2.97. The van der Waals surface area contributed by atoms with Crippen molar-refractivity contribution in [1.82, 2.24) is 0 Å². The zero-order chi connectivity index (χ0) is 12.7. The van der Waals surface area contributed by atoms with Gasteiger partial charge in [-0.05, 0) is 62.5 Å². The molecular weight excluding hydrogens is 232 g/mol. The van der Waals surface area contributed by atoms with E-state index in [0.717, 1.165) is 0 Å². The van der Waals surface area contributed by atoms with Crippen molar-refractivity contribution in [2.75, 3.05) is 0 Å². The summed E-state index contributed by atoms with van der Waals surface area (Å²) in [5.41, 5.74) is 3.97. The fourth-order valence-electron chi connectivity index (χ4n) is 5.08. The van der Waals surface area contributed by atoms with Gasteiger partial charge in [-0.15, -0.1) is 0 Å². The van der Waals surface area contributed by atoms with Crippen molar-refractivity contribution in [3.63, 3.8) is 0 Å². The molecule has 1 aliphatic heterocycles. The number of hydrogen-bond acceptors (Lipinski definition) is 1. The molecule has 1 fully saturated rings. The van der Waals surface area contributed by atoms with Crippen LogP contribution < -0.4 is 0 Å². The molecule has 1 nitrogen and oxygen atoms in total. The smallest absolute Gasteiger partial charge is 0.104 e. The summed E-state index contributed by atoms with van der Waals surface area (Å²) in [4.78, 5) is 0. The average Bonchev–Trinajstić information content (AvgIpc) is 2.49. The van der Waals surface area contributed by atoms with E-state index in [9.17, 15) is 0 Å². The van der Waals surface area contributed by atoms with E-state index in [1.807, 2.05) is 0 Å². The second-order valence-electron chi connectivity index (χ2n) is 6.96. The van der Waals surface area contributed by atoms with E-state index in [-0.39, 0.29) is 0 Å². The summed E-state index contributed by atoms with van der Waals surface area (Å²) < 4.78 is 6.38. The largest absolute Gasteiger partial charge is 0.466 e. The Balaban J connectivity index is 1.81. The van der Waals surface area contributed by atoms with Gasteiger partial charge in [0.15, 0.2) is 0 Å². The van der Waals surface area contributed by atoms with Gasteiger partial charge in [-0.2, -0.15) is 0 Å². The molecule has 4 aliphatic rings. The fraction of sp³-hybridized carbons (Fsp3) is 0.778. The van der Waals surface area contributed by atoms with Crippen molar-refractivity contribution in [2.24, 2.45) is 5.41 Å². The second-order valence-corrected chi connectivity index (χ2v) is 6.96. The summed E-state index contributed by atoms with van der Waals surface area (Å²) in [6.07, 6.45) is 17.7. The molecule has 0 aromatic rings. The van der Waals surface area contributed by atoms with Crippen molar-refractivity contribution in [2.45, 2.75) is 83.5 Å². The lowest BCUT2D eigenvalue weighted by Gasteiger charge is -2.48. The fourth-order valence-corrected chi connectivity index (χ4v) is 5.08. The number of ether oxygens (including phenoxy) is 1. The van der Waals surface area contributed by atoms with Crippen LogP contribution in [-0.2, 0) is 4.74 Å². The Morgan fingerprint density at radius 3 is 1.68 bits per heavy atom. The van der Waals surface area contributed by atoms with Gasteiger partial charge in [0.05, 0.1) is 0 Å². The Bertz CT molecular complexity index is 401. The first kappa shape index (κ1) is 12.1. The molecule has 0 radical (unpaired) electrons. The second kappa shape index (κ2) is 4.68. The minimum absolute atomic E-state index is 0.474. The molecule has 4 rings (SSSR count). The minimum atomic E-state index is 0.474. The van der Waals surface area contributed by atoms with E-state index in [1.54, 1.807) is 11.1 Å². The van der Waals surface area contributed by atoms with Crippen LogP contribution in [0.15, 0.2) is 22.7 Å². The lowest BCUT2D eigenvalue weighted by molar-refractivity contribution is 0.160. The predicted octanol–water partition coefficient (Wildman–Crippen LogP) is 5.62. The average molecular weight is 258 g/mol. The lowest BCUT2D eigenvalue weighted by Crippen LogP contribution is -2.36. The zero-order valence-corrected chi connectivity index (χ0v) is 12.1. The van der Waals surface area contributed by atoms with Gasteiger partial charge in [-0.3, -0.25) is 0 Å². The summed E-state index contributed by atoms with van der Waals surface area (Å²) in [5.74, 6) is 2.82. The van der Waals surface area contributed by atoms with Crippen molar-refractivity contribution in [3.05, 3.63) is 22.7 Å². The standard InChI is InChI=1S/C18H26O/c1-6-12-18(13-7-1)14-8-2-4-10-16(14)19-17-11-5-3-9-15(17)18/h1-13H2.